The van der Waals surface area contributed by atoms with Gasteiger partial charge in [-0.2, -0.15) is 0 Å². The number of rotatable bonds is 2. The van der Waals surface area contributed by atoms with E-state index in [0.29, 0.717) is 12.6 Å². The van der Waals surface area contributed by atoms with Gasteiger partial charge in [0.05, 0.1) is 12.7 Å². The standard InChI is InChI=1S/C14H22N2O/c1-10-4-5-13(7-15)14(6-10)16-8-12(3)17-9-11(16)2/h4-6,11-12H,7-9,15H2,1-3H3. The lowest BCUT2D eigenvalue weighted by molar-refractivity contribution is 0.0343. The molecule has 3 nitrogen and oxygen atoms in total. The molecule has 3 heteroatoms. The first-order chi connectivity index (χ1) is 8.11. The molecule has 2 rings (SSSR count). The Morgan fingerprint density at radius 2 is 2.18 bits per heavy atom. The molecule has 1 aliphatic rings. The van der Waals surface area contributed by atoms with Gasteiger partial charge in [0.25, 0.3) is 0 Å². The SMILES string of the molecule is Cc1ccc(CN)c(N2CC(C)OCC2C)c1. The van der Waals surface area contributed by atoms with Crippen LogP contribution >= 0.6 is 0 Å². The second-order valence-corrected chi connectivity index (χ2v) is 4.98. The average molecular weight is 234 g/mol. The number of ether oxygens (including phenoxy) is 1. The lowest BCUT2D eigenvalue weighted by atomic mass is 10.1. The minimum Gasteiger partial charge on any atom is -0.375 e. The Kier molecular flexibility index (Phi) is 3.69. The molecule has 0 bridgehead atoms. The van der Waals surface area contributed by atoms with Crippen LogP contribution in [0, 0.1) is 6.92 Å². The maximum atomic E-state index is 5.83. The molecule has 1 aromatic rings. The number of hydrogen-bond acceptors (Lipinski definition) is 3. The summed E-state index contributed by atoms with van der Waals surface area (Å²) in [6, 6.07) is 6.91. The summed E-state index contributed by atoms with van der Waals surface area (Å²) in [6.07, 6.45) is 0.289. The van der Waals surface area contributed by atoms with Gasteiger partial charge in [0.15, 0.2) is 0 Å². The van der Waals surface area contributed by atoms with Gasteiger partial charge in [-0.25, -0.2) is 0 Å². The third-order valence-corrected chi connectivity index (χ3v) is 3.38. The highest BCUT2D eigenvalue weighted by molar-refractivity contribution is 5.56. The van der Waals surface area contributed by atoms with E-state index in [4.69, 9.17) is 10.5 Å². The van der Waals surface area contributed by atoms with Gasteiger partial charge in [0.2, 0.25) is 0 Å². The summed E-state index contributed by atoms with van der Waals surface area (Å²) in [5, 5.41) is 0. The summed E-state index contributed by atoms with van der Waals surface area (Å²) in [4.78, 5) is 2.42. The van der Waals surface area contributed by atoms with E-state index in [1.54, 1.807) is 0 Å². The van der Waals surface area contributed by atoms with Crippen LogP contribution in [0.1, 0.15) is 25.0 Å². The first-order valence-corrected chi connectivity index (χ1v) is 6.29. The van der Waals surface area contributed by atoms with E-state index in [2.05, 4.69) is 43.9 Å². The number of hydrogen-bond donors (Lipinski definition) is 1. The van der Waals surface area contributed by atoms with Crippen molar-refractivity contribution in [3.8, 4) is 0 Å². The van der Waals surface area contributed by atoms with Crippen molar-refractivity contribution in [1.29, 1.82) is 0 Å². The fraction of sp³-hybridized carbons (Fsp3) is 0.571. The van der Waals surface area contributed by atoms with Crippen LogP contribution in [0.5, 0.6) is 0 Å². The Bertz CT molecular complexity index is 392. The largest absolute Gasteiger partial charge is 0.375 e. The maximum Gasteiger partial charge on any atom is 0.0723 e. The van der Waals surface area contributed by atoms with E-state index >= 15 is 0 Å². The monoisotopic (exact) mass is 234 g/mol. The predicted octanol–water partition coefficient (Wildman–Crippen LogP) is 2.07. The number of morpholine rings is 1. The third kappa shape index (κ3) is 2.61. The number of nitrogens with two attached hydrogens (primary N) is 1. The number of aryl methyl sites for hydroxylation is 1. The quantitative estimate of drug-likeness (QED) is 0.851. The fourth-order valence-electron chi connectivity index (χ4n) is 2.35. The zero-order valence-corrected chi connectivity index (χ0v) is 10.9. The molecule has 0 aromatic heterocycles. The molecule has 1 saturated heterocycles. The second-order valence-electron chi connectivity index (χ2n) is 4.98. The highest BCUT2D eigenvalue weighted by atomic mass is 16.5. The minimum atomic E-state index is 0.289. The third-order valence-electron chi connectivity index (χ3n) is 3.38. The van der Waals surface area contributed by atoms with Crippen molar-refractivity contribution in [3.63, 3.8) is 0 Å². The second kappa shape index (κ2) is 5.07. The summed E-state index contributed by atoms with van der Waals surface area (Å²) in [5.41, 5.74) is 9.60. The summed E-state index contributed by atoms with van der Waals surface area (Å²) in [6.45, 7) is 8.77. The Morgan fingerprint density at radius 3 is 2.88 bits per heavy atom. The molecule has 2 unspecified atom stereocenters. The molecular formula is C14H22N2O. The highest BCUT2D eigenvalue weighted by Gasteiger charge is 2.24. The summed E-state index contributed by atoms with van der Waals surface area (Å²) < 4.78 is 5.67. The Balaban J connectivity index is 2.33. The van der Waals surface area contributed by atoms with Crippen LogP contribution in [0.4, 0.5) is 5.69 Å². The van der Waals surface area contributed by atoms with Gasteiger partial charge in [-0.15, -0.1) is 0 Å². The molecule has 0 aliphatic carbocycles. The molecule has 0 amide bonds. The minimum absolute atomic E-state index is 0.289. The van der Waals surface area contributed by atoms with Crippen molar-refractivity contribution in [2.45, 2.75) is 39.5 Å². The molecular weight excluding hydrogens is 212 g/mol. The molecule has 1 aliphatic heterocycles. The van der Waals surface area contributed by atoms with E-state index < -0.39 is 0 Å². The molecule has 17 heavy (non-hydrogen) atoms. The molecule has 1 heterocycles. The van der Waals surface area contributed by atoms with Gasteiger partial charge in [-0.05, 0) is 38.0 Å². The topological polar surface area (TPSA) is 38.5 Å². The van der Waals surface area contributed by atoms with Crippen molar-refractivity contribution < 1.29 is 4.74 Å². The molecule has 2 atom stereocenters. The molecule has 94 valence electrons. The van der Waals surface area contributed by atoms with Gasteiger partial charge in [0, 0.05) is 24.8 Å². The highest BCUT2D eigenvalue weighted by Crippen LogP contribution is 2.26. The van der Waals surface area contributed by atoms with E-state index in [9.17, 15) is 0 Å². The van der Waals surface area contributed by atoms with Crippen LogP contribution in [0.25, 0.3) is 0 Å². The van der Waals surface area contributed by atoms with Gasteiger partial charge < -0.3 is 15.4 Å². The van der Waals surface area contributed by atoms with Crippen molar-refractivity contribution in [2.75, 3.05) is 18.1 Å². The number of anilines is 1. The molecule has 2 N–H and O–H groups in total. The van der Waals surface area contributed by atoms with E-state index in [1.165, 1.54) is 16.8 Å². The van der Waals surface area contributed by atoms with Crippen LogP contribution in [0.2, 0.25) is 0 Å². The van der Waals surface area contributed by atoms with E-state index in [-0.39, 0.29) is 6.10 Å². The zero-order valence-electron chi connectivity index (χ0n) is 10.9. The molecule has 0 radical (unpaired) electrons. The number of nitrogens with zero attached hydrogens (tertiary/aromatic N) is 1. The van der Waals surface area contributed by atoms with E-state index in [0.717, 1.165) is 13.2 Å². The van der Waals surface area contributed by atoms with Crippen molar-refractivity contribution >= 4 is 5.69 Å². The first kappa shape index (κ1) is 12.4. The molecule has 0 saturated carbocycles. The van der Waals surface area contributed by atoms with Crippen LogP contribution in [0.3, 0.4) is 0 Å². The van der Waals surface area contributed by atoms with Crippen LogP contribution in [-0.4, -0.2) is 25.3 Å². The molecule has 1 aromatic carbocycles. The van der Waals surface area contributed by atoms with Crippen molar-refractivity contribution in [1.82, 2.24) is 0 Å². The fourth-order valence-corrected chi connectivity index (χ4v) is 2.35. The van der Waals surface area contributed by atoms with Gasteiger partial charge in [-0.3, -0.25) is 0 Å². The summed E-state index contributed by atoms with van der Waals surface area (Å²) in [5.74, 6) is 0. The Labute approximate surface area is 104 Å². The van der Waals surface area contributed by atoms with Crippen LogP contribution < -0.4 is 10.6 Å². The van der Waals surface area contributed by atoms with Crippen molar-refractivity contribution in [3.05, 3.63) is 29.3 Å². The maximum absolute atomic E-state index is 5.83. The van der Waals surface area contributed by atoms with Gasteiger partial charge in [0.1, 0.15) is 0 Å². The van der Waals surface area contributed by atoms with Gasteiger partial charge >= 0.3 is 0 Å². The van der Waals surface area contributed by atoms with Gasteiger partial charge in [-0.1, -0.05) is 12.1 Å². The predicted molar refractivity (Wildman–Crippen MR) is 71.3 cm³/mol. The summed E-state index contributed by atoms with van der Waals surface area (Å²) in [7, 11) is 0. The number of benzene rings is 1. The normalized spacial score (nSPS) is 25.1. The molecule has 1 fully saturated rings. The smallest absolute Gasteiger partial charge is 0.0723 e. The molecule has 0 spiro atoms. The van der Waals surface area contributed by atoms with E-state index in [1.807, 2.05) is 0 Å². The van der Waals surface area contributed by atoms with Crippen molar-refractivity contribution in [2.24, 2.45) is 5.73 Å². The Hall–Kier alpha value is -1.06. The first-order valence-electron chi connectivity index (χ1n) is 6.29. The lowest BCUT2D eigenvalue weighted by Crippen LogP contribution is -2.47. The van der Waals surface area contributed by atoms with Crippen LogP contribution in [0.15, 0.2) is 18.2 Å². The summed E-state index contributed by atoms with van der Waals surface area (Å²) >= 11 is 0. The Morgan fingerprint density at radius 1 is 1.41 bits per heavy atom. The van der Waals surface area contributed by atoms with Crippen LogP contribution in [-0.2, 0) is 11.3 Å². The zero-order chi connectivity index (χ0) is 12.4. The lowest BCUT2D eigenvalue weighted by Gasteiger charge is -2.39. The average Bonchev–Trinajstić information content (AvgIpc) is 2.32.